The van der Waals surface area contributed by atoms with Crippen molar-refractivity contribution >= 4 is 40.9 Å². The number of aromatic nitrogens is 3. The zero-order valence-corrected chi connectivity index (χ0v) is 32.7. The maximum absolute atomic E-state index is 12.8. The fraction of sp³-hybridized carbons (Fsp3) is 0.476. The number of ether oxygens (including phenoxy) is 1. The van der Waals surface area contributed by atoms with E-state index in [1.807, 2.05) is 48.5 Å². The Kier molecular flexibility index (Phi) is 18.1. The number of esters is 1. The lowest BCUT2D eigenvalue weighted by molar-refractivity contribution is -0.309. The van der Waals surface area contributed by atoms with Crippen LogP contribution in [-0.4, -0.2) is 40.7 Å². The van der Waals surface area contributed by atoms with Gasteiger partial charge >= 0.3 is 5.97 Å². The highest BCUT2D eigenvalue weighted by atomic mass is 17.2. The lowest BCUT2D eigenvalue weighted by Crippen LogP contribution is -2.14. The second kappa shape index (κ2) is 23.2. The molecule has 1 aromatic heterocycles. The standard InChI is InChI=1S/C42H58N6O6/c1-7-11-12-32(10-4)27-50-39(49)35-17-23-38(24-18-35)45-42-47-40(43-36-19-13-33(14-20-36)28-53-51-25-30(5)8-2)46-41(48-42)44-37-21-15-34(16-22-37)29-54-52-26-31(6)9-3/h13-24,30-32H,7-12,25-29H2,1-6H3,(H3,43,44,45,46,47,48). The molecule has 0 spiro atoms. The second-order valence-corrected chi connectivity index (χ2v) is 13.8. The highest BCUT2D eigenvalue weighted by Crippen LogP contribution is 2.23. The second-order valence-electron chi connectivity index (χ2n) is 13.8. The molecule has 4 aromatic rings. The third-order valence-electron chi connectivity index (χ3n) is 9.14. The zero-order valence-electron chi connectivity index (χ0n) is 32.7. The Morgan fingerprint density at radius 3 is 1.39 bits per heavy atom. The first-order valence-corrected chi connectivity index (χ1v) is 19.3. The van der Waals surface area contributed by atoms with E-state index in [0.717, 1.165) is 61.0 Å². The lowest BCUT2D eigenvalue weighted by Gasteiger charge is -2.15. The van der Waals surface area contributed by atoms with Gasteiger partial charge in [0, 0.05) is 17.1 Å². The third-order valence-corrected chi connectivity index (χ3v) is 9.14. The summed E-state index contributed by atoms with van der Waals surface area (Å²) in [5.74, 6) is 1.88. The summed E-state index contributed by atoms with van der Waals surface area (Å²) in [5, 5.41) is 9.81. The van der Waals surface area contributed by atoms with Crippen molar-refractivity contribution in [2.24, 2.45) is 17.8 Å². The number of unbranched alkanes of at least 4 members (excludes halogenated alkanes) is 1. The number of hydrogen-bond donors (Lipinski definition) is 3. The van der Waals surface area contributed by atoms with E-state index < -0.39 is 0 Å². The van der Waals surface area contributed by atoms with Crippen molar-refractivity contribution in [2.45, 2.75) is 93.3 Å². The summed E-state index contributed by atoms with van der Waals surface area (Å²) >= 11 is 0. The van der Waals surface area contributed by atoms with Crippen LogP contribution in [0.25, 0.3) is 0 Å². The van der Waals surface area contributed by atoms with Gasteiger partial charge in [0.25, 0.3) is 0 Å². The number of anilines is 6. The molecule has 4 rings (SSSR count). The molecular formula is C42H58N6O6. The van der Waals surface area contributed by atoms with Crippen LogP contribution in [0, 0.1) is 17.8 Å². The number of carbonyl (C=O) groups excluding carboxylic acids is 1. The van der Waals surface area contributed by atoms with Gasteiger partial charge in [0.1, 0.15) is 13.2 Å². The lowest BCUT2D eigenvalue weighted by atomic mass is 10.0. The fourth-order valence-corrected chi connectivity index (χ4v) is 4.95. The predicted octanol–water partition coefficient (Wildman–Crippen LogP) is 10.5. The van der Waals surface area contributed by atoms with Crippen molar-refractivity contribution < 1.29 is 29.1 Å². The van der Waals surface area contributed by atoms with Crippen LogP contribution in [0.5, 0.6) is 0 Å². The van der Waals surface area contributed by atoms with Crippen LogP contribution >= 0.6 is 0 Å². The van der Waals surface area contributed by atoms with E-state index in [2.05, 4.69) is 72.4 Å². The van der Waals surface area contributed by atoms with Gasteiger partial charge in [-0.05, 0) is 83.8 Å². The molecule has 0 aliphatic carbocycles. The number of rotatable bonds is 25. The van der Waals surface area contributed by atoms with Crippen LogP contribution in [0.3, 0.4) is 0 Å². The maximum Gasteiger partial charge on any atom is 0.338 e. The third kappa shape index (κ3) is 15.0. The molecule has 12 nitrogen and oxygen atoms in total. The van der Waals surface area contributed by atoms with Gasteiger partial charge in [-0.1, -0.05) is 97.9 Å². The van der Waals surface area contributed by atoms with Gasteiger partial charge in [0.2, 0.25) is 17.8 Å². The van der Waals surface area contributed by atoms with Gasteiger partial charge < -0.3 is 20.7 Å². The number of carbonyl (C=O) groups is 1. The van der Waals surface area contributed by atoms with Gasteiger partial charge in [0.05, 0.1) is 25.4 Å². The molecule has 0 bridgehead atoms. The van der Waals surface area contributed by atoms with Crippen molar-refractivity contribution in [3.63, 3.8) is 0 Å². The summed E-state index contributed by atoms with van der Waals surface area (Å²) in [6, 6.07) is 22.6. The van der Waals surface area contributed by atoms with Gasteiger partial charge in [0.15, 0.2) is 0 Å². The molecule has 3 unspecified atom stereocenters. The Labute approximate surface area is 320 Å². The number of benzene rings is 3. The summed E-state index contributed by atoms with van der Waals surface area (Å²) in [6.07, 6.45) is 6.38. The van der Waals surface area contributed by atoms with Crippen molar-refractivity contribution in [3.05, 3.63) is 89.5 Å². The first-order chi connectivity index (χ1) is 26.3. The topological polar surface area (TPSA) is 138 Å². The van der Waals surface area contributed by atoms with Crippen LogP contribution in [0.2, 0.25) is 0 Å². The first-order valence-electron chi connectivity index (χ1n) is 19.3. The number of hydrogen-bond acceptors (Lipinski definition) is 12. The molecule has 0 fully saturated rings. The molecule has 3 aromatic carbocycles. The van der Waals surface area contributed by atoms with E-state index >= 15 is 0 Å². The zero-order chi connectivity index (χ0) is 38.5. The quantitative estimate of drug-likeness (QED) is 0.0258. The smallest absolute Gasteiger partial charge is 0.338 e. The van der Waals surface area contributed by atoms with E-state index in [1.54, 1.807) is 24.3 Å². The van der Waals surface area contributed by atoms with Crippen LogP contribution in [0.1, 0.15) is 102 Å². The molecule has 3 N–H and O–H groups in total. The highest BCUT2D eigenvalue weighted by Gasteiger charge is 2.14. The van der Waals surface area contributed by atoms with E-state index in [1.165, 1.54) is 0 Å². The molecule has 0 aliphatic rings. The average Bonchev–Trinajstić information content (AvgIpc) is 3.19. The maximum atomic E-state index is 12.8. The summed E-state index contributed by atoms with van der Waals surface area (Å²) in [4.78, 5) is 48.2. The van der Waals surface area contributed by atoms with Crippen molar-refractivity contribution in [3.8, 4) is 0 Å². The molecule has 0 amide bonds. The number of nitrogens with one attached hydrogen (secondary N) is 3. The SMILES string of the molecule is CCCCC(CC)COC(=O)c1ccc(Nc2nc(Nc3ccc(COOCC(C)CC)cc3)nc(Nc3ccc(COOCC(C)CC)cc3)n2)cc1. The molecule has 1 heterocycles. The van der Waals surface area contributed by atoms with Gasteiger partial charge in [-0.2, -0.15) is 15.0 Å². The highest BCUT2D eigenvalue weighted by molar-refractivity contribution is 5.89. The minimum Gasteiger partial charge on any atom is -0.462 e. The average molecular weight is 743 g/mol. The Balaban J connectivity index is 1.44. The largest absolute Gasteiger partial charge is 0.462 e. The molecule has 12 heteroatoms. The molecule has 3 atom stereocenters. The minimum absolute atomic E-state index is 0.305. The van der Waals surface area contributed by atoms with Gasteiger partial charge in [-0.3, -0.25) is 0 Å². The normalized spacial score (nSPS) is 12.9. The Morgan fingerprint density at radius 1 is 0.574 bits per heavy atom. The molecule has 0 radical (unpaired) electrons. The molecule has 54 heavy (non-hydrogen) atoms. The van der Waals surface area contributed by atoms with Gasteiger partial charge in [-0.25, -0.2) is 24.3 Å². The molecule has 0 aliphatic heterocycles. The Bertz CT molecular complexity index is 1570. The summed E-state index contributed by atoms with van der Waals surface area (Å²) < 4.78 is 5.63. The minimum atomic E-state index is -0.331. The predicted molar refractivity (Wildman–Crippen MR) is 213 cm³/mol. The summed E-state index contributed by atoms with van der Waals surface area (Å²) in [6.45, 7) is 15.0. The fourth-order valence-electron chi connectivity index (χ4n) is 4.95. The van der Waals surface area contributed by atoms with E-state index in [-0.39, 0.29) is 5.97 Å². The Hall–Kier alpha value is -4.62. The molecule has 292 valence electrons. The van der Waals surface area contributed by atoms with Gasteiger partial charge in [-0.15, -0.1) is 0 Å². The van der Waals surface area contributed by atoms with Crippen molar-refractivity contribution in [2.75, 3.05) is 35.8 Å². The monoisotopic (exact) mass is 742 g/mol. The van der Waals surface area contributed by atoms with E-state index in [9.17, 15) is 4.79 Å². The van der Waals surface area contributed by atoms with Crippen molar-refractivity contribution in [1.29, 1.82) is 0 Å². The molecule has 0 saturated heterocycles. The van der Waals surface area contributed by atoms with E-state index in [0.29, 0.717) is 79.9 Å². The Morgan fingerprint density at radius 2 is 1.00 bits per heavy atom. The number of nitrogens with zero attached hydrogens (tertiary/aromatic N) is 3. The molecular weight excluding hydrogens is 684 g/mol. The summed E-state index contributed by atoms with van der Waals surface area (Å²) in [5.41, 5.74) is 4.68. The summed E-state index contributed by atoms with van der Waals surface area (Å²) in [7, 11) is 0. The van der Waals surface area contributed by atoms with Crippen LogP contribution in [-0.2, 0) is 37.5 Å². The first kappa shape index (κ1) is 42.1. The van der Waals surface area contributed by atoms with Crippen molar-refractivity contribution in [1.82, 2.24) is 15.0 Å². The van der Waals surface area contributed by atoms with Crippen LogP contribution in [0.4, 0.5) is 34.9 Å². The molecule has 0 saturated carbocycles. The van der Waals surface area contributed by atoms with Crippen LogP contribution < -0.4 is 16.0 Å². The van der Waals surface area contributed by atoms with E-state index in [4.69, 9.17) is 24.3 Å². The van der Waals surface area contributed by atoms with Crippen LogP contribution in [0.15, 0.2) is 72.8 Å².